The molecule has 2 aromatic rings. The Balaban J connectivity index is 1.20. The summed E-state index contributed by atoms with van der Waals surface area (Å²) in [7, 11) is 0. The lowest BCUT2D eigenvalue weighted by Crippen LogP contribution is -2.52. The molecule has 4 bridgehead atoms. The highest BCUT2D eigenvalue weighted by Gasteiger charge is 2.50. The van der Waals surface area contributed by atoms with E-state index in [-0.39, 0.29) is 11.9 Å². The minimum absolute atomic E-state index is 0.0303. The van der Waals surface area contributed by atoms with Gasteiger partial charge in [-0.25, -0.2) is 0 Å². The zero-order valence-electron chi connectivity index (χ0n) is 17.1. The van der Waals surface area contributed by atoms with Crippen LogP contribution in [0.5, 0.6) is 0 Å². The lowest BCUT2D eigenvalue weighted by molar-refractivity contribution is -0.122. The Morgan fingerprint density at radius 2 is 1.31 bits per heavy atom. The van der Waals surface area contributed by atoms with Crippen LogP contribution in [0.3, 0.4) is 0 Å². The quantitative estimate of drug-likeness (QED) is 0.722. The molecule has 4 aliphatic rings. The fourth-order valence-corrected chi connectivity index (χ4v) is 6.77. The van der Waals surface area contributed by atoms with Gasteiger partial charge in [0.25, 0.3) is 0 Å². The first-order chi connectivity index (χ1) is 14.2. The topological polar surface area (TPSA) is 41.1 Å². The molecule has 4 saturated carbocycles. The minimum atomic E-state index is 0.0303. The molecule has 0 aromatic heterocycles. The van der Waals surface area contributed by atoms with E-state index in [0.29, 0.717) is 12.0 Å². The van der Waals surface area contributed by atoms with Gasteiger partial charge in [0.1, 0.15) is 0 Å². The molecule has 0 aliphatic heterocycles. The molecule has 0 radical (unpaired) electrons. The van der Waals surface area contributed by atoms with Crippen molar-refractivity contribution < 1.29 is 4.79 Å². The van der Waals surface area contributed by atoms with Gasteiger partial charge in [0.15, 0.2) is 0 Å². The highest BCUT2D eigenvalue weighted by Crippen LogP contribution is 2.59. The average molecular weight is 389 g/mol. The van der Waals surface area contributed by atoms with Gasteiger partial charge >= 0.3 is 0 Å². The van der Waals surface area contributed by atoms with Crippen molar-refractivity contribution >= 4 is 5.91 Å². The average Bonchev–Trinajstić information content (AvgIpc) is 2.73. The van der Waals surface area contributed by atoms with E-state index in [4.69, 9.17) is 0 Å². The van der Waals surface area contributed by atoms with Crippen LogP contribution in [0.1, 0.15) is 55.7 Å². The van der Waals surface area contributed by atoms with Crippen molar-refractivity contribution in [1.82, 2.24) is 10.6 Å². The van der Waals surface area contributed by atoms with Crippen molar-refractivity contribution in [2.24, 2.45) is 23.2 Å². The maximum absolute atomic E-state index is 12.7. The van der Waals surface area contributed by atoms with Gasteiger partial charge in [-0.15, -0.1) is 0 Å². The Labute approximate surface area is 174 Å². The summed E-state index contributed by atoms with van der Waals surface area (Å²) >= 11 is 0. The van der Waals surface area contributed by atoms with Crippen LogP contribution in [0.2, 0.25) is 0 Å². The molecule has 0 atom stereocenters. The molecule has 4 fully saturated rings. The van der Waals surface area contributed by atoms with Gasteiger partial charge in [-0.3, -0.25) is 10.1 Å². The lowest BCUT2D eigenvalue weighted by Gasteiger charge is -2.56. The third-order valence-electron chi connectivity index (χ3n) is 7.56. The van der Waals surface area contributed by atoms with Crippen LogP contribution < -0.4 is 10.6 Å². The molecule has 29 heavy (non-hydrogen) atoms. The minimum Gasteiger partial charge on any atom is -0.354 e. The Morgan fingerprint density at radius 3 is 1.79 bits per heavy atom. The fourth-order valence-electron chi connectivity index (χ4n) is 6.77. The Bertz CT molecular complexity index is 758. The predicted molar refractivity (Wildman–Crippen MR) is 116 cm³/mol. The molecular weight excluding hydrogens is 356 g/mol. The number of amides is 1. The SMILES string of the molecule is O=C(CNC(c1ccccc1)c1ccccc1)NCC12CC3CC(CC(C3)C1)C2. The van der Waals surface area contributed by atoms with E-state index in [9.17, 15) is 4.79 Å². The predicted octanol–water partition coefficient (Wildman–Crippen LogP) is 4.70. The molecule has 4 aliphatic carbocycles. The number of carbonyl (C=O) groups is 1. The lowest BCUT2D eigenvalue weighted by atomic mass is 9.49. The Hall–Kier alpha value is -2.13. The van der Waals surface area contributed by atoms with E-state index < -0.39 is 0 Å². The molecule has 0 saturated heterocycles. The van der Waals surface area contributed by atoms with Crippen LogP contribution in [-0.4, -0.2) is 19.0 Å². The van der Waals surface area contributed by atoms with Crippen LogP contribution >= 0.6 is 0 Å². The summed E-state index contributed by atoms with van der Waals surface area (Å²) < 4.78 is 0. The number of rotatable bonds is 7. The second-order valence-corrected chi connectivity index (χ2v) is 9.83. The first-order valence-corrected chi connectivity index (χ1v) is 11.3. The Kier molecular flexibility index (Phi) is 5.17. The van der Waals surface area contributed by atoms with Crippen LogP contribution in [0.4, 0.5) is 0 Å². The van der Waals surface area contributed by atoms with Gasteiger partial charge in [-0.05, 0) is 72.8 Å². The largest absolute Gasteiger partial charge is 0.354 e. The molecular formula is C26H32N2O. The highest BCUT2D eigenvalue weighted by molar-refractivity contribution is 5.78. The normalized spacial score (nSPS) is 29.9. The number of nitrogens with one attached hydrogen (secondary N) is 2. The first-order valence-electron chi connectivity index (χ1n) is 11.3. The molecule has 2 N–H and O–H groups in total. The van der Waals surface area contributed by atoms with E-state index in [1.807, 2.05) is 12.1 Å². The second kappa shape index (κ2) is 7.95. The fraction of sp³-hybridized carbons (Fsp3) is 0.500. The number of hydrogen-bond acceptors (Lipinski definition) is 2. The summed E-state index contributed by atoms with van der Waals surface area (Å²) in [6.07, 6.45) is 8.36. The zero-order chi connectivity index (χ0) is 19.7. The molecule has 0 heterocycles. The van der Waals surface area contributed by atoms with Gasteiger partial charge in [0.2, 0.25) is 5.91 Å². The summed E-state index contributed by atoms with van der Waals surface area (Å²) in [4.78, 5) is 12.7. The van der Waals surface area contributed by atoms with Crippen molar-refractivity contribution in [1.29, 1.82) is 0 Å². The molecule has 152 valence electrons. The van der Waals surface area contributed by atoms with E-state index >= 15 is 0 Å². The third-order valence-corrected chi connectivity index (χ3v) is 7.56. The summed E-state index contributed by atoms with van der Waals surface area (Å²) in [5, 5.41) is 6.80. The molecule has 1 amide bonds. The molecule has 0 spiro atoms. The third kappa shape index (κ3) is 4.11. The van der Waals surface area contributed by atoms with Crippen molar-refractivity contribution in [2.45, 2.75) is 44.6 Å². The monoisotopic (exact) mass is 388 g/mol. The van der Waals surface area contributed by atoms with Gasteiger partial charge < -0.3 is 5.32 Å². The molecule has 6 rings (SSSR count). The van der Waals surface area contributed by atoms with E-state index in [1.54, 1.807) is 0 Å². The summed E-state index contributed by atoms with van der Waals surface area (Å²) in [5.74, 6) is 2.91. The van der Waals surface area contributed by atoms with Crippen molar-refractivity contribution in [3.8, 4) is 0 Å². The van der Waals surface area contributed by atoms with E-state index in [1.165, 1.54) is 49.7 Å². The number of carbonyl (C=O) groups excluding carboxylic acids is 1. The van der Waals surface area contributed by atoms with Gasteiger partial charge in [-0.2, -0.15) is 0 Å². The molecule has 0 unspecified atom stereocenters. The van der Waals surface area contributed by atoms with Gasteiger partial charge in [-0.1, -0.05) is 60.7 Å². The molecule has 3 heteroatoms. The number of benzene rings is 2. The summed E-state index contributed by atoms with van der Waals surface area (Å²) in [6, 6.07) is 20.8. The van der Waals surface area contributed by atoms with Crippen molar-refractivity contribution in [3.63, 3.8) is 0 Å². The van der Waals surface area contributed by atoms with Crippen LogP contribution in [0.25, 0.3) is 0 Å². The molecule has 2 aromatic carbocycles. The van der Waals surface area contributed by atoms with E-state index in [2.05, 4.69) is 59.2 Å². The van der Waals surface area contributed by atoms with Gasteiger partial charge in [0.05, 0.1) is 12.6 Å². The van der Waals surface area contributed by atoms with Crippen molar-refractivity contribution in [2.75, 3.05) is 13.1 Å². The molecule has 3 nitrogen and oxygen atoms in total. The van der Waals surface area contributed by atoms with E-state index in [0.717, 1.165) is 24.3 Å². The summed E-state index contributed by atoms with van der Waals surface area (Å²) in [6.45, 7) is 1.22. The zero-order valence-corrected chi connectivity index (χ0v) is 17.1. The van der Waals surface area contributed by atoms with Gasteiger partial charge in [0, 0.05) is 6.54 Å². The first kappa shape index (κ1) is 18.9. The Morgan fingerprint density at radius 1 is 0.828 bits per heavy atom. The highest BCUT2D eigenvalue weighted by atomic mass is 16.1. The van der Waals surface area contributed by atoms with Crippen LogP contribution in [0.15, 0.2) is 60.7 Å². The number of hydrogen-bond donors (Lipinski definition) is 2. The van der Waals surface area contributed by atoms with Crippen LogP contribution in [-0.2, 0) is 4.79 Å². The standard InChI is InChI=1S/C26H32N2O/c29-24(28-18-26-14-19-11-20(15-26)13-21(12-19)16-26)17-27-25(22-7-3-1-4-8-22)23-9-5-2-6-10-23/h1-10,19-21,25,27H,11-18H2,(H,28,29). The summed E-state index contributed by atoms with van der Waals surface area (Å²) in [5.41, 5.74) is 2.77. The van der Waals surface area contributed by atoms with Crippen LogP contribution in [0, 0.1) is 23.2 Å². The van der Waals surface area contributed by atoms with Crippen molar-refractivity contribution in [3.05, 3.63) is 71.8 Å². The maximum Gasteiger partial charge on any atom is 0.234 e. The maximum atomic E-state index is 12.7. The smallest absolute Gasteiger partial charge is 0.234 e. The second-order valence-electron chi connectivity index (χ2n) is 9.83.